The molecule has 0 fully saturated rings. The van der Waals surface area contributed by atoms with E-state index in [4.69, 9.17) is 27.8 Å². The SMILES string of the molecule is CC(C)[C@H](NC(=O)c1ccccc1Cl)C(=O)OCc1nc(N)nc(N)n1. The molecule has 138 valence electrons. The third kappa shape index (κ3) is 5.03. The predicted molar refractivity (Wildman–Crippen MR) is 96.0 cm³/mol. The van der Waals surface area contributed by atoms with Gasteiger partial charge in [-0.2, -0.15) is 15.0 Å². The molecule has 1 heterocycles. The molecule has 0 saturated heterocycles. The van der Waals surface area contributed by atoms with Crippen molar-refractivity contribution in [2.75, 3.05) is 11.5 Å². The van der Waals surface area contributed by atoms with Gasteiger partial charge in [0.05, 0.1) is 10.6 Å². The Balaban J connectivity index is 2.05. The molecular weight excluding hydrogens is 360 g/mol. The van der Waals surface area contributed by atoms with E-state index < -0.39 is 17.9 Å². The first-order valence-electron chi connectivity index (χ1n) is 7.76. The van der Waals surface area contributed by atoms with Crippen LogP contribution in [0.25, 0.3) is 0 Å². The maximum atomic E-state index is 12.4. The Morgan fingerprint density at radius 3 is 2.35 bits per heavy atom. The highest BCUT2D eigenvalue weighted by molar-refractivity contribution is 6.33. The molecule has 1 atom stereocenters. The van der Waals surface area contributed by atoms with Gasteiger partial charge in [0.15, 0.2) is 12.4 Å². The summed E-state index contributed by atoms with van der Waals surface area (Å²) in [5.74, 6) is -1.37. The number of hydrogen-bond acceptors (Lipinski definition) is 8. The molecule has 26 heavy (non-hydrogen) atoms. The standard InChI is InChI=1S/C16H19ClN6O3/c1-8(2)12(22-13(24)9-5-3-4-6-10(9)17)14(25)26-7-11-20-15(18)23-16(19)21-11/h3-6,8,12H,7H2,1-2H3,(H,22,24)(H4,18,19,20,21,23)/t12-/m0/s1. The highest BCUT2D eigenvalue weighted by Crippen LogP contribution is 2.16. The zero-order valence-corrected chi connectivity index (χ0v) is 15.0. The van der Waals surface area contributed by atoms with Gasteiger partial charge in [0.1, 0.15) is 6.04 Å². The molecule has 0 saturated carbocycles. The van der Waals surface area contributed by atoms with Crippen molar-refractivity contribution in [1.82, 2.24) is 20.3 Å². The molecule has 1 amide bonds. The van der Waals surface area contributed by atoms with Crippen molar-refractivity contribution in [1.29, 1.82) is 0 Å². The van der Waals surface area contributed by atoms with Crippen LogP contribution in [0.1, 0.15) is 30.0 Å². The third-order valence-corrected chi connectivity index (χ3v) is 3.72. The Kier molecular flexibility index (Phi) is 6.29. The molecule has 0 aliphatic heterocycles. The Morgan fingerprint density at radius 1 is 1.15 bits per heavy atom. The van der Waals surface area contributed by atoms with Crippen molar-refractivity contribution >= 4 is 35.4 Å². The molecule has 0 spiro atoms. The minimum absolute atomic E-state index is 0.0732. The fourth-order valence-electron chi connectivity index (χ4n) is 2.11. The van der Waals surface area contributed by atoms with Crippen molar-refractivity contribution in [2.45, 2.75) is 26.5 Å². The summed E-state index contributed by atoms with van der Waals surface area (Å²) in [5.41, 5.74) is 11.2. The molecule has 0 aliphatic carbocycles. The molecular formula is C16H19ClN6O3. The van der Waals surface area contributed by atoms with Gasteiger partial charge in [-0.25, -0.2) is 4.79 Å². The van der Waals surface area contributed by atoms with Crippen LogP contribution in [0.2, 0.25) is 5.02 Å². The first-order valence-corrected chi connectivity index (χ1v) is 8.13. The number of nitrogens with one attached hydrogen (secondary N) is 1. The second-order valence-electron chi connectivity index (χ2n) is 5.75. The second-order valence-corrected chi connectivity index (χ2v) is 6.16. The molecule has 2 aromatic rings. The van der Waals surface area contributed by atoms with Crippen LogP contribution >= 0.6 is 11.6 Å². The summed E-state index contributed by atoms with van der Waals surface area (Å²) in [5, 5.41) is 2.92. The van der Waals surface area contributed by atoms with Gasteiger partial charge in [-0.3, -0.25) is 4.79 Å². The lowest BCUT2D eigenvalue weighted by Crippen LogP contribution is -2.45. The lowest BCUT2D eigenvalue weighted by Gasteiger charge is -2.21. The van der Waals surface area contributed by atoms with Gasteiger partial charge in [-0.05, 0) is 18.1 Å². The molecule has 0 radical (unpaired) electrons. The smallest absolute Gasteiger partial charge is 0.329 e. The quantitative estimate of drug-likeness (QED) is 0.635. The van der Waals surface area contributed by atoms with Gasteiger partial charge in [0.2, 0.25) is 11.9 Å². The van der Waals surface area contributed by atoms with Gasteiger partial charge in [0, 0.05) is 0 Å². The van der Waals surface area contributed by atoms with E-state index in [0.29, 0.717) is 0 Å². The molecule has 0 bridgehead atoms. The van der Waals surface area contributed by atoms with Crippen LogP contribution in [0, 0.1) is 5.92 Å². The number of rotatable bonds is 6. The number of nitrogens with zero attached hydrogens (tertiary/aromatic N) is 3. The highest BCUT2D eigenvalue weighted by atomic mass is 35.5. The summed E-state index contributed by atoms with van der Waals surface area (Å²) in [6.07, 6.45) is 0. The van der Waals surface area contributed by atoms with Crippen LogP contribution in [0.4, 0.5) is 11.9 Å². The van der Waals surface area contributed by atoms with Crippen LogP contribution in [-0.4, -0.2) is 32.9 Å². The van der Waals surface area contributed by atoms with Crippen molar-refractivity contribution in [2.24, 2.45) is 5.92 Å². The summed E-state index contributed by atoms with van der Waals surface area (Å²) in [6.45, 7) is 3.30. The summed E-state index contributed by atoms with van der Waals surface area (Å²) in [4.78, 5) is 36.0. The van der Waals surface area contributed by atoms with E-state index in [-0.39, 0.29) is 40.8 Å². The molecule has 9 nitrogen and oxygen atoms in total. The van der Waals surface area contributed by atoms with E-state index in [0.717, 1.165) is 0 Å². The average Bonchev–Trinajstić information content (AvgIpc) is 2.56. The Bertz CT molecular complexity index is 794. The minimum Gasteiger partial charge on any atom is -0.456 e. The number of esters is 1. The molecule has 1 aromatic heterocycles. The van der Waals surface area contributed by atoms with Crippen molar-refractivity contribution in [3.8, 4) is 0 Å². The number of anilines is 2. The molecule has 10 heteroatoms. The average molecular weight is 379 g/mol. The molecule has 1 aromatic carbocycles. The van der Waals surface area contributed by atoms with Crippen LogP contribution in [-0.2, 0) is 16.1 Å². The Morgan fingerprint density at radius 2 is 1.77 bits per heavy atom. The largest absolute Gasteiger partial charge is 0.456 e. The first kappa shape index (κ1) is 19.4. The molecule has 5 N–H and O–H groups in total. The van der Waals surface area contributed by atoms with Gasteiger partial charge in [-0.15, -0.1) is 0 Å². The van der Waals surface area contributed by atoms with Gasteiger partial charge >= 0.3 is 5.97 Å². The van der Waals surface area contributed by atoms with Gasteiger partial charge in [-0.1, -0.05) is 37.6 Å². The molecule has 0 aliphatic rings. The lowest BCUT2D eigenvalue weighted by molar-refractivity contribution is -0.148. The van der Waals surface area contributed by atoms with Crippen molar-refractivity contribution in [3.05, 3.63) is 40.7 Å². The lowest BCUT2D eigenvalue weighted by atomic mass is 10.0. The number of amides is 1. The van der Waals surface area contributed by atoms with E-state index >= 15 is 0 Å². The van der Waals surface area contributed by atoms with Gasteiger partial charge in [0.25, 0.3) is 5.91 Å². The fourth-order valence-corrected chi connectivity index (χ4v) is 2.33. The predicted octanol–water partition coefficient (Wildman–Crippen LogP) is 1.19. The summed E-state index contributed by atoms with van der Waals surface area (Å²) < 4.78 is 5.18. The van der Waals surface area contributed by atoms with Crippen LogP contribution in [0.15, 0.2) is 24.3 Å². The summed E-state index contributed by atoms with van der Waals surface area (Å²) >= 11 is 6.01. The number of nitrogen functional groups attached to an aromatic ring is 2. The summed E-state index contributed by atoms with van der Waals surface area (Å²) in [6, 6.07) is 5.67. The van der Waals surface area contributed by atoms with Crippen molar-refractivity contribution < 1.29 is 14.3 Å². The topological polar surface area (TPSA) is 146 Å². The van der Waals surface area contributed by atoms with E-state index in [1.54, 1.807) is 38.1 Å². The fraction of sp³-hybridized carbons (Fsp3) is 0.312. The maximum absolute atomic E-state index is 12.4. The number of ether oxygens (including phenoxy) is 1. The monoisotopic (exact) mass is 378 g/mol. The number of carbonyl (C=O) groups excluding carboxylic acids is 2. The highest BCUT2D eigenvalue weighted by Gasteiger charge is 2.27. The first-order chi connectivity index (χ1) is 12.3. The molecule has 2 rings (SSSR count). The zero-order valence-electron chi connectivity index (χ0n) is 14.3. The minimum atomic E-state index is -0.879. The van der Waals surface area contributed by atoms with E-state index in [9.17, 15) is 9.59 Å². The van der Waals surface area contributed by atoms with Crippen LogP contribution in [0.3, 0.4) is 0 Å². The normalized spacial score (nSPS) is 11.8. The number of hydrogen-bond donors (Lipinski definition) is 3. The second kappa shape index (κ2) is 8.43. The zero-order chi connectivity index (χ0) is 19.3. The number of benzene rings is 1. The number of halogens is 1. The van der Waals surface area contributed by atoms with Crippen LogP contribution in [0.5, 0.6) is 0 Å². The maximum Gasteiger partial charge on any atom is 0.329 e. The third-order valence-electron chi connectivity index (χ3n) is 3.39. The number of carbonyl (C=O) groups is 2. The van der Waals surface area contributed by atoms with E-state index in [1.807, 2.05) is 0 Å². The number of aromatic nitrogens is 3. The van der Waals surface area contributed by atoms with Gasteiger partial charge < -0.3 is 21.5 Å². The Hall–Kier alpha value is -2.94. The summed E-state index contributed by atoms with van der Waals surface area (Å²) in [7, 11) is 0. The van der Waals surface area contributed by atoms with E-state index in [1.165, 1.54) is 0 Å². The van der Waals surface area contributed by atoms with Crippen molar-refractivity contribution in [3.63, 3.8) is 0 Å². The number of nitrogens with two attached hydrogens (primary N) is 2. The van der Waals surface area contributed by atoms with Crippen LogP contribution < -0.4 is 16.8 Å². The van der Waals surface area contributed by atoms with E-state index in [2.05, 4.69) is 20.3 Å². The Labute approximate surface area is 155 Å². The molecule has 0 unspecified atom stereocenters.